The number of allylic oxidation sites excluding steroid dienone is 1. The highest BCUT2D eigenvalue weighted by Gasteiger charge is 2.29. The zero-order valence-corrected chi connectivity index (χ0v) is 15.1. The van der Waals surface area contributed by atoms with Crippen molar-refractivity contribution in [2.45, 2.75) is 19.8 Å². The summed E-state index contributed by atoms with van der Waals surface area (Å²) in [6.07, 6.45) is 4.52. The maximum absolute atomic E-state index is 13.0. The summed E-state index contributed by atoms with van der Waals surface area (Å²) in [6, 6.07) is 11.7. The van der Waals surface area contributed by atoms with Gasteiger partial charge in [0.25, 0.3) is 5.69 Å². The van der Waals surface area contributed by atoms with Gasteiger partial charge < -0.3 is 5.32 Å². The second-order valence-corrected chi connectivity index (χ2v) is 6.46. The number of ketones is 1. The number of nitro groups is 1. The summed E-state index contributed by atoms with van der Waals surface area (Å²) in [4.78, 5) is 27.8. The molecule has 2 aromatic heterocycles. The summed E-state index contributed by atoms with van der Waals surface area (Å²) in [5.41, 5.74) is 3.28. The number of carbonyl (C=O) groups excluding carboxylic acids is 1. The average molecular weight is 375 g/mol. The minimum absolute atomic E-state index is 0.00635. The van der Waals surface area contributed by atoms with Crippen LogP contribution in [-0.4, -0.2) is 25.5 Å². The molecule has 4 rings (SSSR count). The van der Waals surface area contributed by atoms with E-state index < -0.39 is 4.92 Å². The molecule has 1 aliphatic rings. The Morgan fingerprint density at radius 3 is 2.82 bits per heavy atom. The van der Waals surface area contributed by atoms with Crippen molar-refractivity contribution >= 4 is 17.2 Å². The largest absolute Gasteiger partial charge is 0.361 e. The van der Waals surface area contributed by atoms with Gasteiger partial charge in [-0.25, -0.2) is 9.67 Å². The third-order valence-electron chi connectivity index (χ3n) is 4.64. The van der Waals surface area contributed by atoms with Crippen molar-refractivity contribution in [3.05, 3.63) is 87.5 Å². The predicted molar refractivity (Wildman–Crippen MR) is 104 cm³/mol. The van der Waals surface area contributed by atoms with Crippen LogP contribution >= 0.6 is 0 Å². The van der Waals surface area contributed by atoms with E-state index in [-0.39, 0.29) is 11.5 Å². The van der Waals surface area contributed by atoms with Crippen molar-refractivity contribution in [3.63, 3.8) is 0 Å². The Morgan fingerprint density at radius 1 is 1.21 bits per heavy atom. The van der Waals surface area contributed by atoms with Gasteiger partial charge in [0.1, 0.15) is 0 Å². The van der Waals surface area contributed by atoms with Crippen LogP contribution in [0.3, 0.4) is 0 Å². The minimum atomic E-state index is -0.453. The first-order chi connectivity index (χ1) is 13.5. The van der Waals surface area contributed by atoms with Gasteiger partial charge in [0.2, 0.25) is 0 Å². The van der Waals surface area contributed by atoms with Crippen LogP contribution in [0.4, 0.5) is 11.4 Å². The standard InChI is InChI=1S/C20H17N5O3/c1-13-19-17(24(23-13)18-7-2-3-10-21-18)9-8-14(20(19)26)12-22-15-5-4-6-16(11-15)25(27)28/h2-7,10-12,22H,8-9H2,1H3/b14-12-. The fourth-order valence-corrected chi connectivity index (χ4v) is 3.31. The summed E-state index contributed by atoms with van der Waals surface area (Å²) in [7, 11) is 0. The molecule has 140 valence electrons. The zero-order chi connectivity index (χ0) is 19.7. The van der Waals surface area contributed by atoms with Gasteiger partial charge in [0.15, 0.2) is 11.6 Å². The van der Waals surface area contributed by atoms with E-state index in [0.717, 1.165) is 5.69 Å². The van der Waals surface area contributed by atoms with E-state index in [4.69, 9.17) is 0 Å². The fourth-order valence-electron chi connectivity index (χ4n) is 3.31. The smallest absolute Gasteiger partial charge is 0.271 e. The Morgan fingerprint density at radius 2 is 2.07 bits per heavy atom. The van der Waals surface area contributed by atoms with Gasteiger partial charge in [-0.05, 0) is 38.0 Å². The molecule has 1 aliphatic carbocycles. The highest BCUT2D eigenvalue weighted by atomic mass is 16.6. The Kier molecular flexibility index (Phi) is 4.44. The third kappa shape index (κ3) is 3.16. The second-order valence-electron chi connectivity index (χ2n) is 6.46. The number of nitrogens with zero attached hydrogens (tertiary/aromatic N) is 4. The molecule has 0 radical (unpaired) electrons. The SMILES string of the molecule is Cc1nn(-c2ccccn2)c2c1C(=O)/C(=C\Nc1cccc([N+](=O)[O-])c1)CC2. The molecule has 0 spiro atoms. The molecule has 0 fully saturated rings. The Balaban J connectivity index is 1.62. The van der Waals surface area contributed by atoms with Crippen LogP contribution in [0, 0.1) is 17.0 Å². The lowest BCUT2D eigenvalue weighted by atomic mass is 9.90. The highest BCUT2D eigenvalue weighted by molar-refractivity contribution is 6.11. The number of benzene rings is 1. The number of aromatic nitrogens is 3. The van der Waals surface area contributed by atoms with Crippen LogP contribution in [0.1, 0.15) is 28.2 Å². The second kappa shape index (κ2) is 7.07. The van der Waals surface area contributed by atoms with E-state index in [1.807, 2.05) is 25.1 Å². The monoisotopic (exact) mass is 375 g/mol. The molecule has 0 atom stereocenters. The van der Waals surface area contributed by atoms with E-state index in [9.17, 15) is 14.9 Å². The van der Waals surface area contributed by atoms with E-state index in [2.05, 4.69) is 15.4 Å². The number of hydrogen-bond acceptors (Lipinski definition) is 6. The van der Waals surface area contributed by atoms with Gasteiger partial charge in [-0.15, -0.1) is 0 Å². The number of nitro benzene ring substituents is 1. The first-order valence-corrected chi connectivity index (χ1v) is 8.79. The lowest BCUT2D eigenvalue weighted by Crippen LogP contribution is -2.17. The molecule has 0 bridgehead atoms. The fraction of sp³-hybridized carbons (Fsp3) is 0.150. The molecule has 0 unspecified atom stereocenters. The molecule has 8 nitrogen and oxygen atoms in total. The summed E-state index contributed by atoms with van der Waals surface area (Å²) < 4.78 is 1.73. The third-order valence-corrected chi connectivity index (χ3v) is 4.64. The predicted octanol–water partition coefficient (Wildman–Crippen LogP) is 3.61. The number of fused-ring (bicyclic) bond motifs is 1. The molecule has 28 heavy (non-hydrogen) atoms. The van der Waals surface area contributed by atoms with E-state index >= 15 is 0 Å². The highest BCUT2D eigenvalue weighted by Crippen LogP contribution is 2.29. The van der Waals surface area contributed by atoms with Crippen molar-refractivity contribution in [1.29, 1.82) is 0 Å². The number of hydrogen-bond donors (Lipinski definition) is 1. The number of non-ortho nitro benzene ring substituents is 1. The summed E-state index contributed by atoms with van der Waals surface area (Å²) in [5.74, 6) is 0.598. The normalized spacial score (nSPS) is 14.8. The van der Waals surface area contributed by atoms with Crippen LogP contribution in [0.25, 0.3) is 5.82 Å². The molecule has 0 saturated heterocycles. The van der Waals surface area contributed by atoms with Crippen LogP contribution in [0.2, 0.25) is 0 Å². The first-order valence-electron chi connectivity index (χ1n) is 8.79. The Bertz CT molecular complexity index is 1100. The first kappa shape index (κ1) is 17.6. The van der Waals surface area contributed by atoms with Crippen LogP contribution in [-0.2, 0) is 6.42 Å². The van der Waals surface area contributed by atoms with Crippen molar-refractivity contribution in [2.24, 2.45) is 0 Å². The summed E-state index contributed by atoms with van der Waals surface area (Å²) in [5, 5.41) is 18.4. The maximum atomic E-state index is 13.0. The molecule has 8 heteroatoms. The number of aryl methyl sites for hydroxylation is 1. The zero-order valence-electron chi connectivity index (χ0n) is 15.1. The molecule has 3 aromatic rings. The molecular formula is C20H17N5O3. The Labute approximate surface area is 160 Å². The van der Waals surface area contributed by atoms with Crippen molar-refractivity contribution in [2.75, 3.05) is 5.32 Å². The van der Waals surface area contributed by atoms with Crippen molar-refractivity contribution < 1.29 is 9.72 Å². The number of rotatable bonds is 4. The number of Topliss-reactive ketones (excluding diaryl/α,β-unsaturated/α-hetero) is 1. The van der Waals surface area contributed by atoms with Gasteiger partial charge in [0, 0.05) is 35.8 Å². The molecule has 0 aliphatic heterocycles. The maximum Gasteiger partial charge on any atom is 0.271 e. The molecule has 1 N–H and O–H groups in total. The van der Waals surface area contributed by atoms with Crippen LogP contribution < -0.4 is 5.32 Å². The number of nitrogens with one attached hydrogen (secondary N) is 1. The summed E-state index contributed by atoms with van der Waals surface area (Å²) in [6.45, 7) is 1.81. The van der Waals surface area contributed by atoms with Crippen molar-refractivity contribution in [3.8, 4) is 5.82 Å². The van der Waals surface area contributed by atoms with E-state index in [1.54, 1.807) is 29.2 Å². The molecule has 0 amide bonds. The molecule has 0 saturated carbocycles. The number of pyridine rings is 1. The van der Waals surface area contributed by atoms with E-state index in [0.29, 0.717) is 41.2 Å². The topological polar surface area (TPSA) is 103 Å². The van der Waals surface area contributed by atoms with Gasteiger partial charge >= 0.3 is 0 Å². The Hall–Kier alpha value is -3.81. The lowest BCUT2D eigenvalue weighted by molar-refractivity contribution is -0.384. The summed E-state index contributed by atoms with van der Waals surface area (Å²) >= 11 is 0. The van der Waals surface area contributed by atoms with E-state index in [1.165, 1.54) is 12.1 Å². The lowest BCUT2D eigenvalue weighted by Gasteiger charge is -2.16. The minimum Gasteiger partial charge on any atom is -0.361 e. The van der Waals surface area contributed by atoms with Crippen LogP contribution in [0.15, 0.2) is 60.4 Å². The quantitative estimate of drug-likeness (QED) is 0.424. The van der Waals surface area contributed by atoms with Gasteiger partial charge in [0.05, 0.1) is 21.9 Å². The van der Waals surface area contributed by atoms with Gasteiger partial charge in [-0.2, -0.15) is 5.10 Å². The van der Waals surface area contributed by atoms with Crippen molar-refractivity contribution in [1.82, 2.24) is 14.8 Å². The number of anilines is 1. The molecular weight excluding hydrogens is 358 g/mol. The van der Waals surface area contributed by atoms with Gasteiger partial charge in [-0.3, -0.25) is 14.9 Å². The van der Waals surface area contributed by atoms with Gasteiger partial charge in [-0.1, -0.05) is 12.1 Å². The molecule has 1 aromatic carbocycles. The average Bonchev–Trinajstić information content (AvgIpc) is 3.05. The number of carbonyl (C=O) groups is 1. The van der Waals surface area contributed by atoms with Crippen LogP contribution in [0.5, 0.6) is 0 Å². The molecule has 2 heterocycles.